The maximum absolute atomic E-state index is 11.6. The van der Waals surface area contributed by atoms with Gasteiger partial charge in [0.05, 0.1) is 12.8 Å². The Kier molecular flexibility index (Phi) is 4.95. The minimum Gasteiger partial charge on any atom is -0.465 e. The second-order valence-corrected chi connectivity index (χ2v) is 7.53. The van der Waals surface area contributed by atoms with E-state index in [9.17, 15) is 4.79 Å². The molecule has 0 aliphatic rings. The molecule has 0 aliphatic heterocycles. The van der Waals surface area contributed by atoms with Crippen LogP contribution in [0.2, 0.25) is 5.15 Å². The van der Waals surface area contributed by atoms with E-state index in [0.29, 0.717) is 9.50 Å². The van der Waals surface area contributed by atoms with Crippen LogP contribution in [0.3, 0.4) is 0 Å². The molecule has 3 rings (SSSR count). The van der Waals surface area contributed by atoms with Crippen LogP contribution >= 0.6 is 50.6 Å². The van der Waals surface area contributed by atoms with Crippen LogP contribution in [-0.2, 0) is 4.74 Å². The third kappa shape index (κ3) is 3.55. The summed E-state index contributed by atoms with van der Waals surface area (Å²) in [6, 6.07) is 7.53. The van der Waals surface area contributed by atoms with E-state index in [2.05, 4.69) is 41.2 Å². The average Bonchev–Trinajstić information content (AvgIpc) is 3.14. The quantitative estimate of drug-likeness (QED) is 0.584. The summed E-state index contributed by atoms with van der Waals surface area (Å²) in [7, 11) is 1.29. The van der Waals surface area contributed by atoms with Gasteiger partial charge in [0.25, 0.3) is 0 Å². The lowest BCUT2D eigenvalue weighted by Crippen LogP contribution is -1.98. The first kappa shape index (κ1) is 16.4. The Hall–Kier alpha value is -1.49. The third-order valence-electron chi connectivity index (χ3n) is 2.63. The van der Waals surface area contributed by atoms with Gasteiger partial charge < -0.3 is 4.74 Å². The predicted octanol–water partition coefficient (Wildman–Crippen LogP) is 3.47. The molecule has 0 aliphatic carbocycles. The summed E-state index contributed by atoms with van der Waals surface area (Å²) in [5.74, 6) is -0.521. The standard InChI is InChI=1S/C12H7BrClN5O2S2/c1-21-10(20)8-9(14)15-12(22-8)23-11-16-17-18-19(11)7-4-2-6(13)3-5-7/h2-5H,1H3. The van der Waals surface area contributed by atoms with Crippen molar-refractivity contribution in [2.45, 2.75) is 9.50 Å². The molecule has 0 bridgehead atoms. The number of halogens is 2. The van der Waals surface area contributed by atoms with Crippen molar-refractivity contribution in [1.29, 1.82) is 0 Å². The Morgan fingerprint density at radius 2 is 2.13 bits per heavy atom. The number of benzene rings is 1. The molecule has 0 N–H and O–H groups in total. The summed E-state index contributed by atoms with van der Waals surface area (Å²) in [5, 5.41) is 12.2. The van der Waals surface area contributed by atoms with Crippen molar-refractivity contribution >= 4 is 56.6 Å². The predicted molar refractivity (Wildman–Crippen MR) is 89.4 cm³/mol. The van der Waals surface area contributed by atoms with Crippen LogP contribution in [0.5, 0.6) is 0 Å². The molecular formula is C12H7BrClN5O2S2. The number of tetrazole rings is 1. The SMILES string of the molecule is COC(=O)c1sc(Sc2nnnn2-c2ccc(Br)cc2)nc1Cl. The molecule has 0 saturated heterocycles. The topological polar surface area (TPSA) is 82.8 Å². The zero-order chi connectivity index (χ0) is 16.4. The van der Waals surface area contributed by atoms with Gasteiger partial charge in [0.2, 0.25) is 5.16 Å². The van der Waals surface area contributed by atoms with E-state index < -0.39 is 5.97 Å². The molecule has 0 saturated carbocycles. The van der Waals surface area contributed by atoms with Crippen LogP contribution in [0.4, 0.5) is 0 Å². The molecule has 11 heteroatoms. The zero-order valence-corrected chi connectivity index (χ0v) is 15.4. The van der Waals surface area contributed by atoms with E-state index in [4.69, 9.17) is 11.6 Å². The van der Waals surface area contributed by atoms with E-state index in [1.807, 2.05) is 24.3 Å². The fourth-order valence-electron chi connectivity index (χ4n) is 1.61. The van der Waals surface area contributed by atoms with E-state index in [-0.39, 0.29) is 10.0 Å². The van der Waals surface area contributed by atoms with Gasteiger partial charge in [-0.1, -0.05) is 38.9 Å². The van der Waals surface area contributed by atoms with Crippen LogP contribution < -0.4 is 0 Å². The summed E-state index contributed by atoms with van der Waals surface area (Å²) >= 11 is 11.7. The number of ether oxygens (including phenoxy) is 1. The van der Waals surface area contributed by atoms with Gasteiger partial charge >= 0.3 is 5.97 Å². The van der Waals surface area contributed by atoms with Gasteiger partial charge in [-0.2, -0.15) is 4.68 Å². The van der Waals surface area contributed by atoms with Gasteiger partial charge in [0, 0.05) is 4.47 Å². The largest absolute Gasteiger partial charge is 0.465 e. The number of nitrogens with zero attached hydrogens (tertiary/aromatic N) is 5. The fraction of sp³-hybridized carbons (Fsp3) is 0.0833. The first-order chi connectivity index (χ1) is 11.1. The Balaban J connectivity index is 1.89. The van der Waals surface area contributed by atoms with Crippen molar-refractivity contribution in [3.05, 3.63) is 38.8 Å². The maximum atomic E-state index is 11.6. The molecular weight excluding hydrogens is 426 g/mol. The maximum Gasteiger partial charge on any atom is 0.351 e. The summed E-state index contributed by atoms with van der Waals surface area (Å²) in [5.41, 5.74) is 0.802. The Morgan fingerprint density at radius 3 is 2.83 bits per heavy atom. The highest BCUT2D eigenvalue weighted by atomic mass is 79.9. The molecule has 7 nitrogen and oxygen atoms in total. The minimum atomic E-state index is -0.521. The number of carbonyl (C=O) groups is 1. The normalized spacial score (nSPS) is 10.7. The van der Waals surface area contributed by atoms with Gasteiger partial charge in [-0.25, -0.2) is 9.78 Å². The van der Waals surface area contributed by atoms with Gasteiger partial charge in [-0.05, 0) is 46.5 Å². The molecule has 0 radical (unpaired) electrons. The number of hydrogen-bond acceptors (Lipinski definition) is 8. The van der Waals surface area contributed by atoms with E-state index >= 15 is 0 Å². The van der Waals surface area contributed by atoms with Crippen molar-refractivity contribution in [2.75, 3.05) is 7.11 Å². The van der Waals surface area contributed by atoms with Crippen molar-refractivity contribution in [2.24, 2.45) is 0 Å². The highest BCUT2D eigenvalue weighted by Gasteiger charge is 2.20. The van der Waals surface area contributed by atoms with E-state index in [1.54, 1.807) is 4.68 Å². The van der Waals surface area contributed by atoms with E-state index in [1.165, 1.54) is 18.9 Å². The van der Waals surface area contributed by atoms with Crippen molar-refractivity contribution < 1.29 is 9.53 Å². The van der Waals surface area contributed by atoms with Crippen LogP contribution in [0.15, 0.2) is 38.2 Å². The average molecular weight is 433 g/mol. The third-order valence-corrected chi connectivity index (χ3v) is 5.58. The van der Waals surface area contributed by atoms with Gasteiger partial charge in [-0.15, -0.1) is 5.10 Å². The van der Waals surface area contributed by atoms with Crippen LogP contribution in [0.25, 0.3) is 5.69 Å². The van der Waals surface area contributed by atoms with Crippen molar-refractivity contribution in [1.82, 2.24) is 25.2 Å². The molecule has 0 atom stereocenters. The minimum absolute atomic E-state index is 0.104. The molecule has 0 unspecified atom stereocenters. The summed E-state index contributed by atoms with van der Waals surface area (Å²) in [6.07, 6.45) is 0. The molecule has 23 heavy (non-hydrogen) atoms. The van der Waals surface area contributed by atoms with Gasteiger partial charge in [0.15, 0.2) is 14.4 Å². The second-order valence-electron chi connectivity index (χ2n) is 4.04. The first-order valence-corrected chi connectivity index (χ1v) is 8.85. The molecule has 1 aromatic carbocycles. The number of carbonyl (C=O) groups excluding carboxylic acids is 1. The smallest absolute Gasteiger partial charge is 0.351 e. The fourth-order valence-corrected chi connectivity index (χ4v) is 4.10. The monoisotopic (exact) mass is 431 g/mol. The highest BCUT2D eigenvalue weighted by Crippen LogP contribution is 2.34. The number of esters is 1. The number of thiazole rings is 1. The van der Waals surface area contributed by atoms with Crippen LogP contribution in [-0.4, -0.2) is 38.3 Å². The Labute approximate surface area is 152 Å². The molecule has 0 amide bonds. The molecule has 3 aromatic rings. The van der Waals surface area contributed by atoms with Crippen molar-refractivity contribution in [3.63, 3.8) is 0 Å². The summed E-state index contributed by atoms with van der Waals surface area (Å²) in [4.78, 5) is 16.0. The van der Waals surface area contributed by atoms with E-state index in [0.717, 1.165) is 21.5 Å². The summed E-state index contributed by atoms with van der Waals surface area (Å²) < 4.78 is 7.73. The van der Waals surface area contributed by atoms with Crippen molar-refractivity contribution in [3.8, 4) is 5.69 Å². The lowest BCUT2D eigenvalue weighted by molar-refractivity contribution is 0.0606. The number of methoxy groups -OCH3 is 1. The summed E-state index contributed by atoms with van der Waals surface area (Å²) in [6.45, 7) is 0. The lowest BCUT2D eigenvalue weighted by Gasteiger charge is -2.02. The van der Waals surface area contributed by atoms with Gasteiger partial charge in [-0.3, -0.25) is 0 Å². The number of rotatable bonds is 4. The Morgan fingerprint density at radius 1 is 1.39 bits per heavy atom. The van der Waals surface area contributed by atoms with Crippen LogP contribution in [0, 0.1) is 0 Å². The first-order valence-electron chi connectivity index (χ1n) is 6.05. The lowest BCUT2D eigenvalue weighted by atomic mass is 10.3. The molecule has 2 heterocycles. The Bertz CT molecular complexity index is 852. The molecule has 0 spiro atoms. The second kappa shape index (κ2) is 6.95. The zero-order valence-electron chi connectivity index (χ0n) is 11.4. The van der Waals surface area contributed by atoms with Gasteiger partial charge in [0.1, 0.15) is 0 Å². The molecule has 2 aromatic heterocycles. The number of hydrogen-bond donors (Lipinski definition) is 0. The number of aromatic nitrogens is 5. The van der Waals surface area contributed by atoms with Crippen LogP contribution in [0.1, 0.15) is 9.67 Å². The highest BCUT2D eigenvalue weighted by molar-refractivity contribution is 9.10. The molecule has 0 fully saturated rings. The molecule has 118 valence electrons.